The van der Waals surface area contributed by atoms with Gasteiger partial charge in [-0.3, -0.25) is 9.59 Å². The maximum atomic E-state index is 13.3. The SMILES string of the molecule is CN(C)C1CCN(C(=O)CN(CC(=O)NCc2cccc(Cl)c2)c2ccccc2Oc2ccccc2)C1. The molecule has 7 nitrogen and oxygen atoms in total. The zero-order valence-corrected chi connectivity index (χ0v) is 22.0. The Morgan fingerprint density at radius 3 is 2.49 bits per heavy atom. The number of carbonyl (C=O) groups is 2. The highest BCUT2D eigenvalue weighted by atomic mass is 35.5. The van der Waals surface area contributed by atoms with E-state index < -0.39 is 0 Å². The summed E-state index contributed by atoms with van der Waals surface area (Å²) in [4.78, 5) is 32.2. The van der Waals surface area contributed by atoms with Gasteiger partial charge in [0.2, 0.25) is 11.8 Å². The van der Waals surface area contributed by atoms with E-state index in [0.717, 1.165) is 12.0 Å². The lowest BCUT2D eigenvalue weighted by atomic mass is 10.2. The number of para-hydroxylation sites is 3. The van der Waals surface area contributed by atoms with Gasteiger partial charge in [-0.25, -0.2) is 0 Å². The molecule has 194 valence electrons. The minimum atomic E-state index is -0.199. The normalized spacial score (nSPS) is 15.0. The van der Waals surface area contributed by atoms with Crippen molar-refractivity contribution in [2.75, 3.05) is 45.2 Å². The number of benzene rings is 3. The largest absolute Gasteiger partial charge is 0.455 e. The minimum Gasteiger partial charge on any atom is -0.455 e. The van der Waals surface area contributed by atoms with Crippen molar-refractivity contribution >= 4 is 29.1 Å². The molecule has 0 radical (unpaired) electrons. The van der Waals surface area contributed by atoms with Gasteiger partial charge in [-0.2, -0.15) is 0 Å². The molecule has 0 aliphatic carbocycles. The molecule has 1 fully saturated rings. The van der Waals surface area contributed by atoms with E-state index in [2.05, 4.69) is 10.2 Å². The summed E-state index contributed by atoms with van der Waals surface area (Å²) in [5, 5.41) is 3.57. The van der Waals surface area contributed by atoms with E-state index in [1.54, 1.807) is 11.0 Å². The van der Waals surface area contributed by atoms with Gasteiger partial charge in [0, 0.05) is 30.7 Å². The van der Waals surface area contributed by atoms with Crippen LogP contribution >= 0.6 is 11.6 Å². The molecule has 2 amide bonds. The molecule has 0 bridgehead atoms. The summed E-state index contributed by atoms with van der Waals surface area (Å²) >= 11 is 6.08. The molecule has 1 heterocycles. The van der Waals surface area contributed by atoms with Gasteiger partial charge in [-0.05, 0) is 62.5 Å². The van der Waals surface area contributed by atoms with E-state index >= 15 is 0 Å². The molecule has 3 aromatic rings. The van der Waals surface area contributed by atoms with Gasteiger partial charge < -0.3 is 24.8 Å². The number of halogens is 1. The van der Waals surface area contributed by atoms with Crippen LogP contribution in [0.2, 0.25) is 5.02 Å². The topological polar surface area (TPSA) is 65.1 Å². The van der Waals surface area contributed by atoms with E-state index in [1.165, 1.54) is 0 Å². The predicted molar refractivity (Wildman–Crippen MR) is 147 cm³/mol. The van der Waals surface area contributed by atoms with Gasteiger partial charge in [0.25, 0.3) is 0 Å². The maximum absolute atomic E-state index is 13.3. The Morgan fingerprint density at radius 1 is 1.00 bits per heavy atom. The first-order valence-corrected chi connectivity index (χ1v) is 12.8. The predicted octanol–water partition coefficient (Wildman–Crippen LogP) is 4.42. The number of nitrogens with zero attached hydrogens (tertiary/aromatic N) is 3. The number of likely N-dealkylation sites (N-methyl/N-ethyl adjacent to an activating group) is 1. The van der Waals surface area contributed by atoms with E-state index in [4.69, 9.17) is 16.3 Å². The van der Waals surface area contributed by atoms with Gasteiger partial charge in [0.15, 0.2) is 5.75 Å². The fourth-order valence-electron chi connectivity index (χ4n) is 4.38. The number of amides is 2. The van der Waals surface area contributed by atoms with E-state index in [1.807, 2.05) is 91.8 Å². The van der Waals surface area contributed by atoms with Crippen molar-refractivity contribution in [3.63, 3.8) is 0 Å². The van der Waals surface area contributed by atoms with Crippen LogP contribution in [-0.2, 0) is 16.1 Å². The van der Waals surface area contributed by atoms with Crippen LogP contribution in [-0.4, -0.2) is 67.9 Å². The average molecular weight is 521 g/mol. The first kappa shape index (κ1) is 26.5. The summed E-state index contributed by atoms with van der Waals surface area (Å²) in [6.07, 6.45) is 0.937. The molecule has 1 saturated heterocycles. The van der Waals surface area contributed by atoms with Gasteiger partial charge in [0.05, 0.1) is 18.8 Å². The van der Waals surface area contributed by atoms with Crippen molar-refractivity contribution < 1.29 is 14.3 Å². The van der Waals surface area contributed by atoms with Gasteiger partial charge in [-0.15, -0.1) is 0 Å². The number of hydrogen-bond donors (Lipinski definition) is 1. The molecular formula is C29H33ClN4O3. The Balaban J connectivity index is 1.52. The Kier molecular flexibility index (Phi) is 9.04. The lowest BCUT2D eigenvalue weighted by Crippen LogP contribution is -2.44. The average Bonchev–Trinajstić information content (AvgIpc) is 3.39. The Bertz CT molecular complexity index is 1200. The number of nitrogens with one attached hydrogen (secondary N) is 1. The molecule has 0 spiro atoms. The smallest absolute Gasteiger partial charge is 0.242 e. The quantitative estimate of drug-likeness (QED) is 0.429. The van der Waals surface area contributed by atoms with E-state index in [9.17, 15) is 9.59 Å². The summed E-state index contributed by atoms with van der Waals surface area (Å²) in [5.41, 5.74) is 1.59. The first-order chi connectivity index (χ1) is 17.9. The maximum Gasteiger partial charge on any atom is 0.242 e. The fourth-order valence-corrected chi connectivity index (χ4v) is 4.59. The van der Waals surface area contributed by atoms with Gasteiger partial charge in [-0.1, -0.05) is 54.1 Å². The van der Waals surface area contributed by atoms with Crippen LogP contribution in [0, 0.1) is 0 Å². The summed E-state index contributed by atoms with van der Waals surface area (Å²) in [6.45, 7) is 1.81. The molecule has 1 aliphatic heterocycles. The molecule has 8 heteroatoms. The molecule has 1 N–H and O–H groups in total. The summed E-state index contributed by atoms with van der Waals surface area (Å²) in [7, 11) is 4.07. The highest BCUT2D eigenvalue weighted by Gasteiger charge is 2.29. The number of carbonyl (C=O) groups excluding carboxylic acids is 2. The lowest BCUT2D eigenvalue weighted by molar-refractivity contribution is -0.128. The molecule has 1 unspecified atom stereocenters. The lowest BCUT2D eigenvalue weighted by Gasteiger charge is -2.28. The van der Waals surface area contributed by atoms with Crippen LogP contribution < -0.4 is 15.0 Å². The van der Waals surface area contributed by atoms with Crippen molar-refractivity contribution in [1.82, 2.24) is 15.1 Å². The van der Waals surface area contributed by atoms with Gasteiger partial charge >= 0.3 is 0 Å². The molecule has 1 aliphatic rings. The molecule has 37 heavy (non-hydrogen) atoms. The molecule has 3 aromatic carbocycles. The third kappa shape index (κ3) is 7.47. The Morgan fingerprint density at radius 2 is 1.76 bits per heavy atom. The Labute approximate surface area is 223 Å². The van der Waals surface area contributed by atoms with Gasteiger partial charge in [0.1, 0.15) is 5.75 Å². The van der Waals surface area contributed by atoms with E-state index in [0.29, 0.717) is 47.9 Å². The summed E-state index contributed by atoms with van der Waals surface area (Å²) < 4.78 is 6.15. The molecule has 0 aromatic heterocycles. The monoisotopic (exact) mass is 520 g/mol. The Hall–Kier alpha value is -3.55. The number of hydrogen-bond acceptors (Lipinski definition) is 5. The number of ether oxygens (including phenoxy) is 1. The van der Waals surface area contributed by atoms with Crippen LogP contribution in [0.25, 0.3) is 0 Å². The standard InChI is InChI=1S/C29H33ClN4O3/c1-32(2)24-15-16-33(19-24)29(36)21-34(20-28(35)31-18-22-9-8-10-23(30)17-22)26-13-6-7-14-27(26)37-25-11-4-3-5-12-25/h3-14,17,24H,15-16,18-21H2,1-2H3,(H,31,35). The molecule has 4 rings (SSSR count). The van der Waals surface area contributed by atoms with Crippen molar-refractivity contribution in [2.45, 2.75) is 19.0 Å². The zero-order valence-electron chi connectivity index (χ0n) is 21.3. The summed E-state index contributed by atoms with van der Waals surface area (Å²) in [6, 6.07) is 24.7. The van der Waals surface area contributed by atoms with Crippen LogP contribution in [0.5, 0.6) is 11.5 Å². The zero-order chi connectivity index (χ0) is 26.2. The molecule has 0 saturated carbocycles. The van der Waals surface area contributed by atoms with E-state index in [-0.39, 0.29) is 24.9 Å². The van der Waals surface area contributed by atoms with Crippen molar-refractivity contribution in [1.29, 1.82) is 0 Å². The fraction of sp³-hybridized carbons (Fsp3) is 0.310. The third-order valence-corrected chi connectivity index (χ3v) is 6.70. The third-order valence-electron chi connectivity index (χ3n) is 6.46. The van der Waals surface area contributed by atoms with Crippen molar-refractivity contribution in [3.8, 4) is 11.5 Å². The first-order valence-electron chi connectivity index (χ1n) is 12.4. The second-order valence-electron chi connectivity index (χ2n) is 9.39. The second-order valence-corrected chi connectivity index (χ2v) is 9.83. The summed E-state index contributed by atoms with van der Waals surface area (Å²) in [5.74, 6) is 1.05. The van der Waals surface area contributed by atoms with Crippen molar-refractivity contribution in [3.05, 3.63) is 89.4 Å². The van der Waals surface area contributed by atoms with Crippen LogP contribution in [0.1, 0.15) is 12.0 Å². The minimum absolute atomic E-state index is 0.00637. The number of anilines is 1. The van der Waals surface area contributed by atoms with Crippen LogP contribution in [0.4, 0.5) is 5.69 Å². The highest BCUT2D eigenvalue weighted by Crippen LogP contribution is 2.32. The van der Waals surface area contributed by atoms with Crippen molar-refractivity contribution in [2.24, 2.45) is 0 Å². The number of rotatable bonds is 10. The highest BCUT2D eigenvalue weighted by molar-refractivity contribution is 6.30. The second kappa shape index (κ2) is 12.6. The number of likely N-dealkylation sites (tertiary alicyclic amines) is 1. The van der Waals surface area contributed by atoms with Crippen LogP contribution in [0.3, 0.4) is 0 Å². The van der Waals surface area contributed by atoms with Crippen LogP contribution in [0.15, 0.2) is 78.9 Å². The molecule has 1 atom stereocenters. The molecular weight excluding hydrogens is 488 g/mol.